The zero-order valence-electron chi connectivity index (χ0n) is 10.8. The molecule has 0 aliphatic carbocycles. The molecule has 1 heterocycles. The lowest BCUT2D eigenvalue weighted by Crippen LogP contribution is -2.30. The molecule has 1 unspecified atom stereocenters. The van der Waals surface area contributed by atoms with Gasteiger partial charge in [-0.05, 0) is 6.92 Å². The zero-order valence-corrected chi connectivity index (χ0v) is 10.8. The molecule has 8 nitrogen and oxygen atoms in total. The highest BCUT2D eigenvalue weighted by Gasteiger charge is 2.18. The molecule has 1 rings (SSSR count). The SMILES string of the molecule is CC(C(=O)N(C)C)n1cc(CNC(=O)CN)nn1. The highest BCUT2D eigenvalue weighted by Crippen LogP contribution is 2.07. The Bertz CT molecular complexity index is 428. The Morgan fingerprint density at radius 1 is 1.56 bits per heavy atom. The standard InChI is InChI=1S/C10H18N6O2/c1-7(10(18)15(2)3)16-6-8(13-14-16)5-12-9(17)4-11/h6-7H,4-5,11H2,1-3H3,(H,12,17). The Balaban J connectivity index is 2.63. The fourth-order valence-electron chi connectivity index (χ4n) is 1.33. The second-order valence-corrected chi connectivity index (χ2v) is 4.08. The molecule has 100 valence electrons. The van der Waals surface area contributed by atoms with Crippen molar-refractivity contribution >= 4 is 11.8 Å². The molecule has 8 heteroatoms. The fourth-order valence-corrected chi connectivity index (χ4v) is 1.33. The number of carbonyl (C=O) groups is 2. The molecule has 1 atom stereocenters. The monoisotopic (exact) mass is 254 g/mol. The van der Waals surface area contributed by atoms with Crippen LogP contribution in [0.3, 0.4) is 0 Å². The average molecular weight is 254 g/mol. The van der Waals surface area contributed by atoms with Crippen molar-refractivity contribution in [2.24, 2.45) is 5.73 Å². The van der Waals surface area contributed by atoms with Gasteiger partial charge in [0.15, 0.2) is 0 Å². The lowest BCUT2D eigenvalue weighted by molar-refractivity contribution is -0.132. The Kier molecular flexibility index (Phi) is 4.78. The summed E-state index contributed by atoms with van der Waals surface area (Å²) < 4.78 is 1.46. The molecule has 0 radical (unpaired) electrons. The number of likely N-dealkylation sites (N-methyl/N-ethyl adjacent to an activating group) is 1. The van der Waals surface area contributed by atoms with E-state index >= 15 is 0 Å². The third-order valence-electron chi connectivity index (χ3n) is 2.40. The topological polar surface area (TPSA) is 106 Å². The first kappa shape index (κ1) is 14.1. The number of aromatic nitrogens is 3. The van der Waals surface area contributed by atoms with E-state index in [-0.39, 0.29) is 24.9 Å². The summed E-state index contributed by atoms with van der Waals surface area (Å²) in [7, 11) is 3.36. The summed E-state index contributed by atoms with van der Waals surface area (Å²) >= 11 is 0. The van der Waals surface area contributed by atoms with Crippen LogP contribution in [0.2, 0.25) is 0 Å². The minimum absolute atomic E-state index is 0.0658. The van der Waals surface area contributed by atoms with Gasteiger partial charge in [-0.3, -0.25) is 9.59 Å². The summed E-state index contributed by atoms with van der Waals surface area (Å²) in [6, 6.07) is -0.425. The lowest BCUT2D eigenvalue weighted by atomic mass is 10.3. The van der Waals surface area contributed by atoms with Gasteiger partial charge in [-0.2, -0.15) is 0 Å². The van der Waals surface area contributed by atoms with Crippen molar-refractivity contribution < 1.29 is 9.59 Å². The second-order valence-electron chi connectivity index (χ2n) is 4.08. The first-order chi connectivity index (χ1) is 8.45. The van der Waals surface area contributed by atoms with Gasteiger partial charge in [0.25, 0.3) is 0 Å². The summed E-state index contributed by atoms with van der Waals surface area (Å²) in [4.78, 5) is 24.2. The number of carbonyl (C=O) groups excluding carboxylic acids is 2. The molecule has 2 amide bonds. The van der Waals surface area contributed by atoms with Crippen molar-refractivity contribution in [3.8, 4) is 0 Å². The van der Waals surface area contributed by atoms with E-state index in [0.717, 1.165) is 0 Å². The highest BCUT2D eigenvalue weighted by atomic mass is 16.2. The van der Waals surface area contributed by atoms with E-state index in [4.69, 9.17) is 5.73 Å². The minimum atomic E-state index is -0.425. The molecular formula is C10H18N6O2. The molecule has 0 saturated carbocycles. The predicted octanol–water partition coefficient (Wildman–Crippen LogP) is -1.50. The van der Waals surface area contributed by atoms with Crippen molar-refractivity contribution in [3.63, 3.8) is 0 Å². The maximum Gasteiger partial charge on any atom is 0.246 e. The van der Waals surface area contributed by atoms with Crippen molar-refractivity contribution in [2.75, 3.05) is 20.6 Å². The molecule has 0 spiro atoms. The van der Waals surface area contributed by atoms with Crippen LogP contribution >= 0.6 is 0 Å². The number of nitrogens with one attached hydrogen (secondary N) is 1. The molecule has 0 fully saturated rings. The summed E-state index contributed by atoms with van der Waals surface area (Å²) in [6.07, 6.45) is 1.63. The molecule has 1 aromatic heterocycles. The molecule has 3 N–H and O–H groups in total. The van der Waals surface area contributed by atoms with E-state index in [0.29, 0.717) is 5.69 Å². The number of nitrogens with zero attached hydrogens (tertiary/aromatic N) is 4. The maximum atomic E-state index is 11.7. The van der Waals surface area contributed by atoms with Gasteiger partial charge in [-0.25, -0.2) is 4.68 Å². The van der Waals surface area contributed by atoms with Gasteiger partial charge >= 0.3 is 0 Å². The first-order valence-electron chi connectivity index (χ1n) is 5.54. The number of rotatable bonds is 5. The van der Waals surface area contributed by atoms with Crippen LogP contribution in [0.1, 0.15) is 18.7 Å². The van der Waals surface area contributed by atoms with E-state index in [2.05, 4.69) is 15.6 Å². The number of hydrogen-bond acceptors (Lipinski definition) is 5. The third-order valence-corrected chi connectivity index (χ3v) is 2.40. The van der Waals surface area contributed by atoms with Crippen LogP contribution in [0.5, 0.6) is 0 Å². The van der Waals surface area contributed by atoms with Crippen LogP contribution in [-0.4, -0.2) is 52.3 Å². The van der Waals surface area contributed by atoms with E-state index in [1.165, 1.54) is 9.58 Å². The van der Waals surface area contributed by atoms with E-state index in [1.807, 2.05) is 0 Å². The third kappa shape index (κ3) is 3.52. The number of hydrogen-bond donors (Lipinski definition) is 2. The fraction of sp³-hybridized carbons (Fsp3) is 0.600. The van der Waals surface area contributed by atoms with Gasteiger partial charge in [-0.15, -0.1) is 5.10 Å². The summed E-state index contributed by atoms with van der Waals surface area (Å²) in [6.45, 7) is 1.92. The van der Waals surface area contributed by atoms with E-state index in [1.54, 1.807) is 27.2 Å². The van der Waals surface area contributed by atoms with Crippen molar-refractivity contribution in [3.05, 3.63) is 11.9 Å². The molecule has 18 heavy (non-hydrogen) atoms. The predicted molar refractivity (Wildman–Crippen MR) is 64.3 cm³/mol. The molecule has 0 aliphatic rings. The summed E-state index contributed by atoms with van der Waals surface area (Å²) in [5, 5.41) is 10.3. The molecular weight excluding hydrogens is 236 g/mol. The molecule has 0 aliphatic heterocycles. The maximum absolute atomic E-state index is 11.7. The average Bonchev–Trinajstić information content (AvgIpc) is 2.82. The van der Waals surface area contributed by atoms with Crippen LogP contribution in [0.4, 0.5) is 0 Å². The van der Waals surface area contributed by atoms with Gasteiger partial charge in [0.2, 0.25) is 11.8 Å². The van der Waals surface area contributed by atoms with E-state index in [9.17, 15) is 9.59 Å². The number of nitrogens with two attached hydrogens (primary N) is 1. The second kappa shape index (κ2) is 6.10. The van der Waals surface area contributed by atoms with E-state index < -0.39 is 6.04 Å². The molecule has 0 bridgehead atoms. The molecule has 0 aromatic carbocycles. The van der Waals surface area contributed by atoms with Gasteiger partial charge < -0.3 is 16.0 Å². The smallest absolute Gasteiger partial charge is 0.246 e. The Morgan fingerprint density at radius 3 is 2.78 bits per heavy atom. The quantitative estimate of drug-likeness (QED) is 0.665. The number of amides is 2. The van der Waals surface area contributed by atoms with Gasteiger partial charge in [0.1, 0.15) is 11.7 Å². The Morgan fingerprint density at radius 2 is 2.22 bits per heavy atom. The molecule has 1 aromatic rings. The van der Waals surface area contributed by atoms with Crippen LogP contribution in [0.25, 0.3) is 0 Å². The Hall–Kier alpha value is -1.96. The van der Waals surface area contributed by atoms with Gasteiger partial charge in [0, 0.05) is 14.1 Å². The highest BCUT2D eigenvalue weighted by molar-refractivity contribution is 5.79. The minimum Gasteiger partial charge on any atom is -0.349 e. The Labute approximate surface area is 105 Å². The van der Waals surface area contributed by atoms with Crippen LogP contribution < -0.4 is 11.1 Å². The van der Waals surface area contributed by atoms with Crippen molar-refractivity contribution in [2.45, 2.75) is 19.5 Å². The van der Waals surface area contributed by atoms with Crippen molar-refractivity contribution in [1.29, 1.82) is 0 Å². The van der Waals surface area contributed by atoms with Crippen LogP contribution in [0.15, 0.2) is 6.20 Å². The summed E-state index contributed by atoms with van der Waals surface area (Å²) in [5.74, 6) is -0.334. The normalized spacial score (nSPS) is 12.0. The largest absolute Gasteiger partial charge is 0.349 e. The van der Waals surface area contributed by atoms with Crippen LogP contribution in [0, 0.1) is 0 Å². The first-order valence-corrected chi connectivity index (χ1v) is 5.54. The van der Waals surface area contributed by atoms with Gasteiger partial charge in [-0.1, -0.05) is 5.21 Å². The zero-order chi connectivity index (χ0) is 13.7. The lowest BCUT2D eigenvalue weighted by Gasteiger charge is -2.16. The molecule has 0 saturated heterocycles. The van der Waals surface area contributed by atoms with Gasteiger partial charge in [0.05, 0.1) is 19.3 Å². The van der Waals surface area contributed by atoms with Crippen LogP contribution in [-0.2, 0) is 16.1 Å². The summed E-state index contributed by atoms with van der Waals surface area (Å²) in [5.41, 5.74) is 5.74. The van der Waals surface area contributed by atoms with Crippen molar-refractivity contribution in [1.82, 2.24) is 25.2 Å².